The molecular formula is C13H19N3O. The van der Waals surface area contributed by atoms with Crippen molar-refractivity contribution in [3.63, 3.8) is 0 Å². The molecule has 1 atom stereocenters. The molecule has 1 aromatic rings. The number of aromatic nitrogens is 2. The molecule has 1 aromatic heterocycles. The van der Waals surface area contributed by atoms with Gasteiger partial charge in [-0.1, -0.05) is 6.42 Å². The molecule has 0 bridgehead atoms. The molecule has 1 unspecified atom stereocenters. The minimum absolute atomic E-state index is 0.236. The Kier molecular flexibility index (Phi) is 3.34. The minimum atomic E-state index is 0.236. The molecule has 17 heavy (non-hydrogen) atoms. The van der Waals surface area contributed by atoms with Gasteiger partial charge >= 0.3 is 0 Å². The second-order valence-corrected chi connectivity index (χ2v) is 4.93. The average molecular weight is 233 g/mol. The standard InChI is InChI=1S/C13H19N3O/c1-2-10(3-1)12-4-5-15-13(16-12)8-11-9-14-6-7-17-11/h4-5,10-11,14H,1-3,6-9H2. The number of nitrogens with one attached hydrogen (secondary N) is 1. The van der Waals surface area contributed by atoms with Crippen LogP contribution >= 0.6 is 0 Å². The van der Waals surface area contributed by atoms with Crippen LogP contribution in [0.3, 0.4) is 0 Å². The molecule has 1 saturated heterocycles. The van der Waals surface area contributed by atoms with E-state index in [1.165, 1.54) is 25.0 Å². The topological polar surface area (TPSA) is 47.0 Å². The monoisotopic (exact) mass is 233 g/mol. The summed E-state index contributed by atoms with van der Waals surface area (Å²) < 4.78 is 5.68. The van der Waals surface area contributed by atoms with E-state index in [-0.39, 0.29) is 6.10 Å². The zero-order chi connectivity index (χ0) is 11.5. The van der Waals surface area contributed by atoms with Crippen LogP contribution in [0.15, 0.2) is 12.3 Å². The maximum absolute atomic E-state index is 5.68. The Hall–Kier alpha value is -1.00. The van der Waals surface area contributed by atoms with E-state index in [4.69, 9.17) is 4.74 Å². The highest BCUT2D eigenvalue weighted by molar-refractivity contribution is 5.11. The molecule has 1 aliphatic carbocycles. The van der Waals surface area contributed by atoms with E-state index in [9.17, 15) is 0 Å². The highest BCUT2D eigenvalue weighted by Gasteiger charge is 2.22. The second-order valence-electron chi connectivity index (χ2n) is 4.93. The largest absolute Gasteiger partial charge is 0.375 e. The molecule has 1 saturated carbocycles. The summed E-state index contributed by atoms with van der Waals surface area (Å²) in [5, 5.41) is 3.33. The Morgan fingerprint density at radius 3 is 3.06 bits per heavy atom. The lowest BCUT2D eigenvalue weighted by Crippen LogP contribution is -2.39. The molecule has 2 fully saturated rings. The van der Waals surface area contributed by atoms with Crippen molar-refractivity contribution in [2.24, 2.45) is 0 Å². The molecule has 3 rings (SSSR count). The summed E-state index contributed by atoms with van der Waals surface area (Å²) >= 11 is 0. The summed E-state index contributed by atoms with van der Waals surface area (Å²) in [6.45, 7) is 2.67. The number of morpholine rings is 1. The van der Waals surface area contributed by atoms with E-state index in [1.54, 1.807) is 0 Å². The SMILES string of the molecule is c1cc(C2CCC2)nc(CC2CNCCO2)n1. The maximum atomic E-state index is 5.68. The number of nitrogens with zero attached hydrogens (tertiary/aromatic N) is 2. The Labute approximate surface area is 102 Å². The van der Waals surface area contributed by atoms with Crippen LogP contribution in [0, 0.1) is 0 Å². The Morgan fingerprint density at radius 1 is 1.41 bits per heavy atom. The summed E-state index contributed by atoms with van der Waals surface area (Å²) in [7, 11) is 0. The minimum Gasteiger partial charge on any atom is -0.375 e. The van der Waals surface area contributed by atoms with Gasteiger partial charge in [-0.15, -0.1) is 0 Å². The Balaban J connectivity index is 1.65. The molecule has 0 amide bonds. The highest BCUT2D eigenvalue weighted by Crippen LogP contribution is 2.34. The first-order valence-electron chi connectivity index (χ1n) is 6.56. The van der Waals surface area contributed by atoms with Gasteiger partial charge in [0.25, 0.3) is 0 Å². The van der Waals surface area contributed by atoms with Crippen LogP contribution in [-0.2, 0) is 11.2 Å². The first-order valence-corrected chi connectivity index (χ1v) is 6.56. The highest BCUT2D eigenvalue weighted by atomic mass is 16.5. The van der Waals surface area contributed by atoms with Crippen molar-refractivity contribution in [1.82, 2.24) is 15.3 Å². The Bertz CT molecular complexity index is 373. The summed E-state index contributed by atoms with van der Waals surface area (Å²) in [6.07, 6.45) is 6.88. The Morgan fingerprint density at radius 2 is 2.35 bits per heavy atom. The quantitative estimate of drug-likeness (QED) is 0.854. The summed E-state index contributed by atoms with van der Waals surface area (Å²) in [5.41, 5.74) is 1.23. The van der Waals surface area contributed by atoms with Crippen molar-refractivity contribution in [3.8, 4) is 0 Å². The lowest BCUT2D eigenvalue weighted by molar-refractivity contribution is 0.0280. The van der Waals surface area contributed by atoms with Crippen LogP contribution in [0.1, 0.15) is 36.7 Å². The van der Waals surface area contributed by atoms with Crippen LogP contribution in [0.4, 0.5) is 0 Å². The molecule has 2 heterocycles. The fraction of sp³-hybridized carbons (Fsp3) is 0.692. The predicted molar refractivity (Wildman–Crippen MR) is 64.9 cm³/mol. The fourth-order valence-corrected chi connectivity index (χ4v) is 2.40. The van der Waals surface area contributed by atoms with Gasteiger partial charge in [-0.05, 0) is 18.9 Å². The van der Waals surface area contributed by atoms with Crippen LogP contribution in [0.5, 0.6) is 0 Å². The van der Waals surface area contributed by atoms with Crippen molar-refractivity contribution >= 4 is 0 Å². The van der Waals surface area contributed by atoms with Gasteiger partial charge in [0.05, 0.1) is 12.7 Å². The molecule has 4 nitrogen and oxygen atoms in total. The second kappa shape index (κ2) is 5.10. The molecular weight excluding hydrogens is 214 g/mol. The van der Waals surface area contributed by atoms with Gasteiger partial charge in [0.15, 0.2) is 0 Å². The van der Waals surface area contributed by atoms with Gasteiger partial charge in [0, 0.05) is 37.3 Å². The van der Waals surface area contributed by atoms with Gasteiger partial charge < -0.3 is 10.1 Å². The summed E-state index contributed by atoms with van der Waals surface area (Å²) in [4.78, 5) is 9.03. The van der Waals surface area contributed by atoms with Crippen LogP contribution < -0.4 is 5.32 Å². The molecule has 1 aliphatic heterocycles. The fourth-order valence-electron chi connectivity index (χ4n) is 2.40. The van der Waals surface area contributed by atoms with Crippen molar-refractivity contribution in [2.45, 2.75) is 37.7 Å². The van der Waals surface area contributed by atoms with Gasteiger partial charge in [-0.3, -0.25) is 0 Å². The van der Waals surface area contributed by atoms with Crippen molar-refractivity contribution in [2.75, 3.05) is 19.7 Å². The van der Waals surface area contributed by atoms with Crippen LogP contribution in [0.25, 0.3) is 0 Å². The van der Waals surface area contributed by atoms with Gasteiger partial charge in [0.2, 0.25) is 0 Å². The first kappa shape index (κ1) is 11.1. The third-order valence-corrected chi connectivity index (χ3v) is 3.67. The third kappa shape index (κ3) is 2.64. The lowest BCUT2D eigenvalue weighted by atomic mass is 9.83. The van der Waals surface area contributed by atoms with Crippen molar-refractivity contribution in [3.05, 3.63) is 23.8 Å². The molecule has 4 heteroatoms. The van der Waals surface area contributed by atoms with Crippen molar-refractivity contribution in [1.29, 1.82) is 0 Å². The van der Waals surface area contributed by atoms with E-state index in [0.717, 1.165) is 31.9 Å². The molecule has 92 valence electrons. The number of ether oxygens (including phenoxy) is 1. The lowest BCUT2D eigenvalue weighted by Gasteiger charge is -2.26. The molecule has 2 aliphatic rings. The zero-order valence-corrected chi connectivity index (χ0v) is 10.1. The third-order valence-electron chi connectivity index (χ3n) is 3.67. The van der Waals surface area contributed by atoms with Crippen molar-refractivity contribution < 1.29 is 4.74 Å². The van der Waals surface area contributed by atoms with E-state index in [1.807, 2.05) is 6.20 Å². The summed E-state index contributed by atoms with van der Waals surface area (Å²) in [6, 6.07) is 2.06. The predicted octanol–water partition coefficient (Wildman–Crippen LogP) is 1.27. The van der Waals surface area contributed by atoms with E-state index >= 15 is 0 Å². The molecule has 0 spiro atoms. The molecule has 0 aromatic carbocycles. The van der Waals surface area contributed by atoms with Crippen LogP contribution in [0.2, 0.25) is 0 Å². The van der Waals surface area contributed by atoms with E-state index < -0.39 is 0 Å². The van der Waals surface area contributed by atoms with E-state index in [2.05, 4.69) is 21.4 Å². The van der Waals surface area contributed by atoms with Gasteiger partial charge in [-0.25, -0.2) is 9.97 Å². The van der Waals surface area contributed by atoms with Crippen LogP contribution in [-0.4, -0.2) is 35.8 Å². The number of hydrogen-bond acceptors (Lipinski definition) is 4. The normalized spacial score (nSPS) is 25.5. The zero-order valence-electron chi connectivity index (χ0n) is 10.1. The molecule has 0 radical (unpaired) electrons. The van der Waals surface area contributed by atoms with Gasteiger partial charge in [0.1, 0.15) is 5.82 Å². The maximum Gasteiger partial charge on any atom is 0.131 e. The smallest absolute Gasteiger partial charge is 0.131 e. The van der Waals surface area contributed by atoms with E-state index in [0.29, 0.717) is 5.92 Å². The number of rotatable bonds is 3. The van der Waals surface area contributed by atoms with Gasteiger partial charge in [-0.2, -0.15) is 0 Å². The first-order chi connectivity index (χ1) is 8.42. The molecule has 1 N–H and O–H groups in total. The summed E-state index contributed by atoms with van der Waals surface area (Å²) in [5.74, 6) is 1.62. The number of hydrogen-bond donors (Lipinski definition) is 1. The average Bonchev–Trinajstić information content (AvgIpc) is 2.28.